The van der Waals surface area contributed by atoms with Crippen LogP contribution in [0.3, 0.4) is 0 Å². The van der Waals surface area contributed by atoms with Crippen molar-refractivity contribution in [3.05, 3.63) is 36.0 Å². The van der Waals surface area contributed by atoms with E-state index in [2.05, 4.69) is 16.4 Å². The molecule has 20 heavy (non-hydrogen) atoms. The number of pyridine rings is 1. The van der Waals surface area contributed by atoms with Crippen LogP contribution >= 0.6 is 0 Å². The van der Waals surface area contributed by atoms with Gasteiger partial charge in [-0.25, -0.2) is 0 Å². The number of nitrogens with two attached hydrogens (primary N) is 1. The van der Waals surface area contributed by atoms with Gasteiger partial charge in [0.2, 0.25) is 0 Å². The zero-order valence-electron chi connectivity index (χ0n) is 11.3. The lowest BCUT2D eigenvalue weighted by atomic mass is 9.90. The lowest BCUT2D eigenvalue weighted by Gasteiger charge is -2.30. The molecule has 1 aliphatic rings. The standard InChI is InChI=1S/C16H18N4/c17-9-11-10-19-14-7-3-1-5-12(14)16(11)20-15-8-4-2-6-13(15)18/h1,3,5,7,10,13,15H,2,4,6,8,18H2,(H,19,20). The number of hydrogen-bond acceptors (Lipinski definition) is 4. The molecular formula is C16H18N4. The van der Waals surface area contributed by atoms with Crippen LogP contribution in [0.5, 0.6) is 0 Å². The zero-order valence-corrected chi connectivity index (χ0v) is 11.3. The monoisotopic (exact) mass is 266 g/mol. The van der Waals surface area contributed by atoms with Gasteiger partial charge in [-0.3, -0.25) is 4.98 Å². The van der Waals surface area contributed by atoms with Gasteiger partial charge in [0.05, 0.1) is 16.8 Å². The highest BCUT2D eigenvalue weighted by molar-refractivity contribution is 5.94. The fraction of sp³-hybridized carbons (Fsp3) is 0.375. The van der Waals surface area contributed by atoms with Crippen molar-refractivity contribution in [3.8, 4) is 6.07 Å². The maximum atomic E-state index is 9.31. The first-order valence-electron chi connectivity index (χ1n) is 7.09. The highest BCUT2D eigenvalue weighted by Crippen LogP contribution is 2.28. The van der Waals surface area contributed by atoms with E-state index >= 15 is 0 Å². The van der Waals surface area contributed by atoms with E-state index in [-0.39, 0.29) is 12.1 Å². The van der Waals surface area contributed by atoms with Gasteiger partial charge in [0.1, 0.15) is 6.07 Å². The maximum absolute atomic E-state index is 9.31. The predicted molar refractivity (Wildman–Crippen MR) is 80.3 cm³/mol. The van der Waals surface area contributed by atoms with Gasteiger partial charge in [0.15, 0.2) is 0 Å². The first kappa shape index (κ1) is 12.9. The van der Waals surface area contributed by atoms with Crippen LogP contribution in [-0.2, 0) is 0 Å². The molecule has 4 heteroatoms. The second kappa shape index (κ2) is 5.48. The lowest BCUT2D eigenvalue weighted by Crippen LogP contribution is -2.42. The van der Waals surface area contributed by atoms with Crippen molar-refractivity contribution < 1.29 is 0 Å². The lowest BCUT2D eigenvalue weighted by molar-refractivity contribution is 0.404. The third-order valence-corrected chi connectivity index (χ3v) is 4.05. The van der Waals surface area contributed by atoms with E-state index in [0.717, 1.165) is 29.4 Å². The SMILES string of the molecule is N#Cc1cnc2ccccc2c1NC1CCCCC1N. The van der Waals surface area contributed by atoms with Gasteiger partial charge in [-0.2, -0.15) is 5.26 Å². The molecule has 1 aromatic heterocycles. The Labute approximate surface area is 118 Å². The molecule has 0 saturated heterocycles. The average molecular weight is 266 g/mol. The molecule has 3 N–H and O–H groups in total. The topological polar surface area (TPSA) is 74.7 Å². The van der Waals surface area contributed by atoms with Crippen LogP contribution in [0.25, 0.3) is 10.9 Å². The van der Waals surface area contributed by atoms with E-state index in [0.29, 0.717) is 5.56 Å². The number of fused-ring (bicyclic) bond motifs is 1. The van der Waals surface area contributed by atoms with Crippen molar-refractivity contribution in [2.45, 2.75) is 37.8 Å². The molecule has 0 spiro atoms. The Balaban J connectivity index is 2.02. The van der Waals surface area contributed by atoms with Crippen LogP contribution in [-0.4, -0.2) is 17.1 Å². The van der Waals surface area contributed by atoms with Crippen LogP contribution in [0, 0.1) is 11.3 Å². The number of benzene rings is 1. The smallest absolute Gasteiger partial charge is 0.103 e. The van der Waals surface area contributed by atoms with Crippen LogP contribution in [0.15, 0.2) is 30.5 Å². The molecule has 0 radical (unpaired) electrons. The number of anilines is 1. The Morgan fingerprint density at radius 2 is 2.05 bits per heavy atom. The molecule has 1 heterocycles. The van der Waals surface area contributed by atoms with Crippen molar-refractivity contribution >= 4 is 16.6 Å². The van der Waals surface area contributed by atoms with Gasteiger partial charge in [0.25, 0.3) is 0 Å². The Hall–Kier alpha value is -2.12. The minimum atomic E-state index is 0.155. The summed E-state index contributed by atoms with van der Waals surface area (Å²) in [5, 5.41) is 13.8. The number of nitrogens with zero attached hydrogens (tertiary/aromatic N) is 2. The van der Waals surface area contributed by atoms with Crippen LogP contribution in [0.1, 0.15) is 31.2 Å². The molecule has 0 amide bonds. The van der Waals surface area contributed by atoms with Crippen molar-refractivity contribution in [2.75, 3.05) is 5.32 Å². The molecule has 0 aliphatic heterocycles. The van der Waals surface area contributed by atoms with E-state index in [1.54, 1.807) is 6.20 Å². The molecule has 1 aliphatic carbocycles. The Morgan fingerprint density at radius 3 is 2.85 bits per heavy atom. The van der Waals surface area contributed by atoms with E-state index in [1.807, 2.05) is 24.3 Å². The second-order valence-corrected chi connectivity index (χ2v) is 5.37. The van der Waals surface area contributed by atoms with Gasteiger partial charge in [-0.05, 0) is 18.9 Å². The zero-order chi connectivity index (χ0) is 13.9. The first-order valence-corrected chi connectivity index (χ1v) is 7.09. The van der Waals surface area contributed by atoms with Gasteiger partial charge < -0.3 is 11.1 Å². The molecule has 0 bridgehead atoms. The number of nitrogens with one attached hydrogen (secondary N) is 1. The molecule has 2 aromatic rings. The summed E-state index contributed by atoms with van der Waals surface area (Å²) in [5.74, 6) is 0. The summed E-state index contributed by atoms with van der Waals surface area (Å²) in [4.78, 5) is 4.33. The third kappa shape index (κ3) is 2.33. The number of aromatic nitrogens is 1. The minimum Gasteiger partial charge on any atom is -0.379 e. The van der Waals surface area contributed by atoms with E-state index in [1.165, 1.54) is 12.8 Å². The molecule has 1 aromatic carbocycles. The van der Waals surface area contributed by atoms with Crippen molar-refractivity contribution in [2.24, 2.45) is 5.73 Å². The Kier molecular flexibility index (Phi) is 3.53. The van der Waals surface area contributed by atoms with E-state index in [9.17, 15) is 5.26 Å². The predicted octanol–water partition coefficient (Wildman–Crippen LogP) is 2.79. The van der Waals surface area contributed by atoms with Crippen molar-refractivity contribution in [1.29, 1.82) is 5.26 Å². The fourth-order valence-electron chi connectivity index (χ4n) is 2.91. The van der Waals surface area contributed by atoms with Crippen LogP contribution in [0.2, 0.25) is 0 Å². The largest absolute Gasteiger partial charge is 0.379 e. The second-order valence-electron chi connectivity index (χ2n) is 5.37. The summed E-state index contributed by atoms with van der Waals surface area (Å²) >= 11 is 0. The first-order chi connectivity index (χ1) is 9.79. The van der Waals surface area contributed by atoms with Gasteiger partial charge in [-0.15, -0.1) is 0 Å². The average Bonchev–Trinajstić information content (AvgIpc) is 2.50. The number of para-hydroxylation sites is 1. The minimum absolute atomic E-state index is 0.155. The van der Waals surface area contributed by atoms with E-state index < -0.39 is 0 Å². The molecular weight excluding hydrogens is 248 g/mol. The van der Waals surface area contributed by atoms with Gasteiger partial charge in [-0.1, -0.05) is 31.0 Å². The van der Waals surface area contributed by atoms with Crippen LogP contribution < -0.4 is 11.1 Å². The fourth-order valence-corrected chi connectivity index (χ4v) is 2.91. The summed E-state index contributed by atoms with van der Waals surface area (Å²) in [6.45, 7) is 0. The molecule has 1 fully saturated rings. The molecule has 2 unspecified atom stereocenters. The molecule has 3 rings (SSSR count). The number of hydrogen-bond donors (Lipinski definition) is 2. The Morgan fingerprint density at radius 1 is 1.25 bits per heavy atom. The molecule has 2 atom stereocenters. The molecule has 4 nitrogen and oxygen atoms in total. The molecule has 102 valence electrons. The summed E-state index contributed by atoms with van der Waals surface area (Å²) in [6, 6.07) is 10.5. The highest BCUT2D eigenvalue weighted by atomic mass is 15.0. The number of nitriles is 1. The summed E-state index contributed by atoms with van der Waals surface area (Å²) in [5.41, 5.74) is 8.56. The third-order valence-electron chi connectivity index (χ3n) is 4.05. The maximum Gasteiger partial charge on any atom is 0.103 e. The summed E-state index contributed by atoms with van der Waals surface area (Å²) in [6.07, 6.45) is 6.13. The van der Waals surface area contributed by atoms with Crippen LogP contribution in [0.4, 0.5) is 5.69 Å². The normalized spacial score (nSPS) is 22.4. The summed E-state index contributed by atoms with van der Waals surface area (Å²) < 4.78 is 0. The Bertz CT molecular complexity index is 659. The van der Waals surface area contributed by atoms with Crippen molar-refractivity contribution in [1.82, 2.24) is 4.98 Å². The highest BCUT2D eigenvalue weighted by Gasteiger charge is 2.23. The van der Waals surface area contributed by atoms with Gasteiger partial charge >= 0.3 is 0 Å². The van der Waals surface area contributed by atoms with Crippen molar-refractivity contribution in [3.63, 3.8) is 0 Å². The van der Waals surface area contributed by atoms with Gasteiger partial charge in [0, 0.05) is 23.7 Å². The number of rotatable bonds is 2. The van der Waals surface area contributed by atoms with E-state index in [4.69, 9.17) is 5.73 Å². The summed E-state index contributed by atoms with van der Waals surface area (Å²) in [7, 11) is 0. The quantitative estimate of drug-likeness (QED) is 0.876. The molecule has 1 saturated carbocycles.